The highest BCUT2D eigenvalue weighted by molar-refractivity contribution is 9.10. The van der Waals surface area contributed by atoms with Gasteiger partial charge in [-0.3, -0.25) is 19.8 Å². The smallest absolute Gasteiger partial charge is 0.270 e. The fraction of sp³-hybridized carbons (Fsp3) is 0.211. The number of nitrogens with zero attached hydrogens (tertiary/aromatic N) is 2. The topological polar surface area (TPSA) is 54.3 Å². The molecule has 7 heteroatoms. The fourth-order valence-electron chi connectivity index (χ4n) is 2.75. The van der Waals surface area contributed by atoms with E-state index < -0.39 is 11.8 Å². The second-order valence-electron chi connectivity index (χ2n) is 6.37. The van der Waals surface area contributed by atoms with Crippen molar-refractivity contribution in [1.82, 2.24) is 9.88 Å². The summed E-state index contributed by atoms with van der Waals surface area (Å²) in [6.07, 6.45) is 5.42. The van der Waals surface area contributed by atoms with Crippen molar-refractivity contribution in [3.63, 3.8) is 0 Å². The Morgan fingerprint density at radius 2 is 1.96 bits per heavy atom. The third-order valence-corrected chi connectivity index (χ3v) is 4.92. The first kappa shape index (κ1) is 18.5. The molecule has 2 aromatic rings. The lowest BCUT2D eigenvalue weighted by Crippen LogP contribution is -2.54. The van der Waals surface area contributed by atoms with E-state index in [1.807, 2.05) is 42.1 Å². The largest absolute Gasteiger partial charge is 0.351 e. The van der Waals surface area contributed by atoms with Crippen LogP contribution in [0.15, 0.2) is 46.7 Å². The molecule has 0 saturated carbocycles. The average molecular weight is 432 g/mol. The summed E-state index contributed by atoms with van der Waals surface area (Å²) < 4.78 is 2.92. The number of halogens is 1. The third kappa shape index (κ3) is 3.50. The number of benzene rings is 1. The van der Waals surface area contributed by atoms with E-state index >= 15 is 0 Å². The van der Waals surface area contributed by atoms with Crippen LogP contribution in [0.4, 0.5) is 5.69 Å². The van der Waals surface area contributed by atoms with Crippen LogP contribution in [0.5, 0.6) is 0 Å². The lowest BCUT2D eigenvalue weighted by molar-refractivity contribution is -0.122. The molecule has 1 aromatic carbocycles. The summed E-state index contributed by atoms with van der Waals surface area (Å²) in [5.41, 5.74) is 2.37. The summed E-state index contributed by atoms with van der Waals surface area (Å²) in [6, 6.07) is 7.70. The van der Waals surface area contributed by atoms with E-state index in [0.29, 0.717) is 11.7 Å². The van der Waals surface area contributed by atoms with Gasteiger partial charge in [0.05, 0.1) is 5.69 Å². The molecule has 1 aliphatic heterocycles. The van der Waals surface area contributed by atoms with Gasteiger partial charge in [-0.05, 0) is 74.5 Å². The molecule has 3 rings (SSSR count). The van der Waals surface area contributed by atoms with Gasteiger partial charge in [0.15, 0.2) is 5.11 Å². The molecule has 26 heavy (non-hydrogen) atoms. The van der Waals surface area contributed by atoms with Crippen molar-refractivity contribution < 1.29 is 9.59 Å². The van der Waals surface area contributed by atoms with E-state index in [9.17, 15) is 9.59 Å². The Morgan fingerprint density at radius 3 is 2.58 bits per heavy atom. The molecule has 1 saturated heterocycles. The van der Waals surface area contributed by atoms with Crippen molar-refractivity contribution in [2.75, 3.05) is 4.90 Å². The highest BCUT2D eigenvalue weighted by atomic mass is 79.9. The number of hydrogen-bond donors (Lipinski definition) is 1. The van der Waals surface area contributed by atoms with Crippen molar-refractivity contribution in [3.8, 4) is 0 Å². The van der Waals surface area contributed by atoms with E-state index in [1.165, 1.54) is 4.90 Å². The molecule has 0 radical (unpaired) electrons. The maximum absolute atomic E-state index is 13.0. The van der Waals surface area contributed by atoms with Crippen LogP contribution in [0, 0.1) is 6.92 Å². The van der Waals surface area contributed by atoms with Gasteiger partial charge in [0.1, 0.15) is 5.57 Å². The summed E-state index contributed by atoms with van der Waals surface area (Å²) in [7, 11) is 0. The second kappa shape index (κ2) is 7.17. The van der Waals surface area contributed by atoms with Gasteiger partial charge >= 0.3 is 0 Å². The van der Waals surface area contributed by atoms with E-state index in [2.05, 4.69) is 35.1 Å². The first-order chi connectivity index (χ1) is 12.3. The first-order valence-corrected chi connectivity index (χ1v) is 9.33. The molecule has 1 aromatic heterocycles. The van der Waals surface area contributed by atoms with Gasteiger partial charge in [0.2, 0.25) is 0 Å². The Kier molecular flexibility index (Phi) is 5.11. The number of hydrogen-bond acceptors (Lipinski definition) is 3. The quantitative estimate of drug-likeness (QED) is 0.454. The number of aryl methyl sites for hydroxylation is 1. The highest BCUT2D eigenvalue weighted by Crippen LogP contribution is 2.27. The van der Waals surface area contributed by atoms with Crippen LogP contribution in [0.25, 0.3) is 6.08 Å². The first-order valence-electron chi connectivity index (χ1n) is 8.13. The Balaban J connectivity index is 2.01. The van der Waals surface area contributed by atoms with Crippen molar-refractivity contribution in [2.45, 2.75) is 26.8 Å². The maximum Gasteiger partial charge on any atom is 0.270 e. The lowest BCUT2D eigenvalue weighted by Gasteiger charge is -2.30. The van der Waals surface area contributed by atoms with E-state index in [4.69, 9.17) is 12.2 Å². The number of rotatable bonds is 3. The zero-order valence-electron chi connectivity index (χ0n) is 14.6. The normalized spacial score (nSPS) is 16.6. The van der Waals surface area contributed by atoms with Crippen LogP contribution >= 0.6 is 28.1 Å². The lowest BCUT2D eigenvalue weighted by atomic mass is 10.1. The summed E-state index contributed by atoms with van der Waals surface area (Å²) in [6.45, 7) is 6.01. The van der Waals surface area contributed by atoms with Gasteiger partial charge < -0.3 is 4.57 Å². The Morgan fingerprint density at radius 1 is 1.23 bits per heavy atom. The predicted octanol–water partition coefficient (Wildman–Crippen LogP) is 3.97. The third-order valence-electron chi connectivity index (χ3n) is 4.15. The molecule has 2 amide bonds. The summed E-state index contributed by atoms with van der Waals surface area (Å²) in [4.78, 5) is 26.7. The second-order valence-corrected chi connectivity index (χ2v) is 7.68. The summed E-state index contributed by atoms with van der Waals surface area (Å²) in [5, 5.41) is 2.70. The standard InChI is InChI=1S/C19H18BrN3O2S/c1-11(2)22-7-6-13(10-22)9-15-17(24)21-19(26)23(18(15)25)16-5-4-14(20)8-12(16)3/h4-11H,1-3H3,(H,21,24,26)/b15-9-. The van der Waals surface area contributed by atoms with Gasteiger partial charge in [-0.25, -0.2) is 0 Å². The van der Waals surface area contributed by atoms with Crippen molar-refractivity contribution in [3.05, 3.63) is 57.8 Å². The van der Waals surface area contributed by atoms with E-state index in [-0.39, 0.29) is 10.7 Å². The minimum atomic E-state index is -0.483. The molecule has 0 atom stereocenters. The molecule has 2 heterocycles. The van der Waals surface area contributed by atoms with Gasteiger partial charge in [-0.1, -0.05) is 15.9 Å². The molecular weight excluding hydrogens is 414 g/mol. The van der Waals surface area contributed by atoms with Gasteiger partial charge in [-0.15, -0.1) is 0 Å². The molecule has 0 bridgehead atoms. The van der Waals surface area contributed by atoms with Crippen LogP contribution in [0.3, 0.4) is 0 Å². The van der Waals surface area contributed by atoms with Crippen LogP contribution in [0.2, 0.25) is 0 Å². The summed E-state index contributed by atoms with van der Waals surface area (Å²) in [5.74, 6) is -0.912. The average Bonchev–Trinajstić information content (AvgIpc) is 3.02. The Labute approximate surface area is 165 Å². The number of amides is 2. The molecule has 1 N–H and O–H groups in total. The number of aromatic nitrogens is 1. The molecule has 0 spiro atoms. The minimum Gasteiger partial charge on any atom is -0.351 e. The molecule has 0 unspecified atom stereocenters. The Hall–Kier alpha value is -2.25. The number of anilines is 1. The number of carbonyl (C=O) groups is 2. The van der Waals surface area contributed by atoms with Crippen LogP contribution in [-0.4, -0.2) is 21.5 Å². The molecule has 1 aliphatic rings. The maximum atomic E-state index is 13.0. The van der Waals surface area contributed by atoms with Gasteiger partial charge in [0, 0.05) is 22.9 Å². The molecule has 134 valence electrons. The number of nitrogens with one attached hydrogen (secondary N) is 1. The zero-order chi connectivity index (χ0) is 19.0. The van der Waals surface area contributed by atoms with Crippen LogP contribution in [0.1, 0.15) is 31.0 Å². The highest BCUT2D eigenvalue weighted by Gasteiger charge is 2.35. The predicted molar refractivity (Wildman–Crippen MR) is 110 cm³/mol. The molecule has 1 fully saturated rings. The molecule has 5 nitrogen and oxygen atoms in total. The van der Waals surface area contributed by atoms with Crippen molar-refractivity contribution in [1.29, 1.82) is 0 Å². The number of thiocarbonyl (C=S) groups is 1. The van der Waals surface area contributed by atoms with Crippen LogP contribution < -0.4 is 10.2 Å². The monoisotopic (exact) mass is 431 g/mol. The SMILES string of the molecule is Cc1cc(Br)ccc1N1C(=O)/C(=C\c2ccn(C(C)C)c2)C(=O)NC1=S. The van der Waals surface area contributed by atoms with E-state index in [1.54, 1.807) is 12.1 Å². The van der Waals surface area contributed by atoms with E-state index in [0.717, 1.165) is 15.6 Å². The summed E-state index contributed by atoms with van der Waals surface area (Å²) >= 11 is 8.65. The van der Waals surface area contributed by atoms with Crippen LogP contribution in [-0.2, 0) is 9.59 Å². The molecule has 0 aliphatic carbocycles. The Bertz CT molecular complexity index is 946. The van der Waals surface area contributed by atoms with Gasteiger partial charge in [0.25, 0.3) is 11.8 Å². The molecular formula is C19H18BrN3O2S. The minimum absolute atomic E-state index is 0.0578. The van der Waals surface area contributed by atoms with Gasteiger partial charge in [-0.2, -0.15) is 0 Å². The fourth-order valence-corrected chi connectivity index (χ4v) is 3.50. The number of carbonyl (C=O) groups excluding carboxylic acids is 2. The zero-order valence-corrected chi connectivity index (χ0v) is 17.0. The van der Waals surface area contributed by atoms with Crippen molar-refractivity contribution in [2.24, 2.45) is 0 Å². The van der Waals surface area contributed by atoms with Crippen molar-refractivity contribution >= 4 is 56.8 Å².